The van der Waals surface area contributed by atoms with Gasteiger partial charge in [-0.3, -0.25) is 0 Å². The van der Waals surface area contributed by atoms with Crippen molar-refractivity contribution < 1.29 is 13.5 Å². The molecule has 0 amide bonds. The van der Waals surface area contributed by atoms with Crippen LogP contribution in [0.4, 0.5) is 4.39 Å². The van der Waals surface area contributed by atoms with Crippen molar-refractivity contribution >= 4 is 15.9 Å². The molecule has 1 aromatic carbocycles. The molecular weight excluding hydrogens is 289 g/mol. The summed E-state index contributed by atoms with van der Waals surface area (Å²) in [5, 5.41) is 0. The van der Waals surface area contributed by atoms with Gasteiger partial charge in [0.15, 0.2) is 0 Å². The maximum absolute atomic E-state index is 12.9. The van der Waals surface area contributed by atoms with Gasteiger partial charge in [-0.05, 0) is 40.2 Å². The third-order valence-corrected chi connectivity index (χ3v) is 2.92. The lowest BCUT2D eigenvalue weighted by Crippen LogP contribution is -2.02. The second-order valence-corrected chi connectivity index (χ2v) is 4.29. The van der Waals surface area contributed by atoms with Crippen molar-refractivity contribution in [2.75, 3.05) is 0 Å². The lowest BCUT2D eigenvalue weighted by atomic mass is 10.2. The largest absolute Gasteiger partial charge is 0.488 e. The molecule has 0 aliphatic heterocycles. The Morgan fingerprint density at radius 1 is 1.35 bits per heavy atom. The Bertz CT molecular complexity index is 513. The predicted molar refractivity (Wildman–Crippen MR) is 65.0 cm³/mol. The molecule has 0 unspecified atom stereocenters. The van der Waals surface area contributed by atoms with Crippen LogP contribution in [0.1, 0.15) is 11.3 Å². The van der Waals surface area contributed by atoms with Crippen LogP contribution in [0.25, 0.3) is 0 Å². The fourth-order valence-electron chi connectivity index (χ4n) is 1.42. The first-order valence-electron chi connectivity index (χ1n) is 5.04. The van der Waals surface area contributed by atoms with E-state index in [9.17, 15) is 4.39 Å². The number of halogens is 2. The summed E-state index contributed by atoms with van der Waals surface area (Å²) in [6, 6.07) is 6.08. The Hall–Kier alpha value is -1.33. The van der Waals surface area contributed by atoms with Gasteiger partial charge in [0, 0.05) is 5.56 Å². The molecule has 0 radical (unpaired) electrons. The van der Waals surface area contributed by atoms with E-state index in [0.29, 0.717) is 29.1 Å². The van der Waals surface area contributed by atoms with Crippen molar-refractivity contribution in [1.29, 1.82) is 0 Å². The van der Waals surface area contributed by atoms with Gasteiger partial charge in [-0.25, -0.2) is 4.39 Å². The standard InChI is InChI=1S/C12H11BrFNO2/c13-10-5-9(14)1-2-11(10)17-7-8-3-4-16-12(8)6-15/h1-5H,6-7,15H2. The first kappa shape index (κ1) is 12.1. The number of nitrogens with two attached hydrogens (primary N) is 1. The number of furan rings is 1. The van der Waals surface area contributed by atoms with Gasteiger partial charge in [0.25, 0.3) is 0 Å². The average Bonchev–Trinajstić information content (AvgIpc) is 2.75. The van der Waals surface area contributed by atoms with Gasteiger partial charge < -0.3 is 14.9 Å². The second-order valence-electron chi connectivity index (χ2n) is 3.44. The molecule has 0 fully saturated rings. The zero-order valence-corrected chi connectivity index (χ0v) is 10.5. The molecule has 2 aromatic rings. The molecule has 0 bridgehead atoms. The normalized spacial score (nSPS) is 10.5. The van der Waals surface area contributed by atoms with E-state index in [1.165, 1.54) is 12.1 Å². The number of ether oxygens (including phenoxy) is 1. The molecule has 0 aliphatic carbocycles. The van der Waals surface area contributed by atoms with Crippen LogP contribution in [-0.2, 0) is 13.2 Å². The third-order valence-electron chi connectivity index (χ3n) is 2.30. The van der Waals surface area contributed by atoms with Crippen molar-refractivity contribution in [3.63, 3.8) is 0 Å². The zero-order chi connectivity index (χ0) is 12.3. The van der Waals surface area contributed by atoms with Gasteiger partial charge in [-0.15, -0.1) is 0 Å². The Labute approximate surface area is 106 Å². The average molecular weight is 300 g/mol. The molecule has 17 heavy (non-hydrogen) atoms. The molecule has 0 spiro atoms. The van der Waals surface area contributed by atoms with Crippen molar-refractivity contribution in [2.45, 2.75) is 13.2 Å². The van der Waals surface area contributed by atoms with Gasteiger partial charge in [-0.1, -0.05) is 0 Å². The van der Waals surface area contributed by atoms with Crippen LogP contribution in [-0.4, -0.2) is 0 Å². The zero-order valence-electron chi connectivity index (χ0n) is 8.95. The van der Waals surface area contributed by atoms with E-state index in [1.807, 2.05) is 0 Å². The summed E-state index contributed by atoms with van der Waals surface area (Å²) in [4.78, 5) is 0. The molecule has 1 aromatic heterocycles. The highest BCUT2D eigenvalue weighted by atomic mass is 79.9. The van der Waals surface area contributed by atoms with E-state index in [0.717, 1.165) is 5.56 Å². The van der Waals surface area contributed by atoms with E-state index in [-0.39, 0.29) is 5.82 Å². The van der Waals surface area contributed by atoms with Gasteiger partial charge in [-0.2, -0.15) is 0 Å². The first-order chi connectivity index (χ1) is 8.20. The van der Waals surface area contributed by atoms with Crippen LogP contribution in [0.3, 0.4) is 0 Å². The Morgan fingerprint density at radius 3 is 2.88 bits per heavy atom. The number of hydrogen-bond acceptors (Lipinski definition) is 3. The van der Waals surface area contributed by atoms with Crippen molar-refractivity contribution in [1.82, 2.24) is 0 Å². The minimum Gasteiger partial charge on any atom is -0.488 e. The van der Waals surface area contributed by atoms with Crippen molar-refractivity contribution in [3.05, 3.63) is 52.1 Å². The van der Waals surface area contributed by atoms with Crippen LogP contribution in [0.5, 0.6) is 5.75 Å². The van der Waals surface area contributed by atoms with Gasteiger partial charge >= 0.3 is 0 Å². The van der Waals surface area contributed by atoms with E-state index in [1.54, 1.807) is 18.4 Å². The van der Waals surface area contributed by atoms with Gasteiger partial charge in [0.05, 0.1) is 17.3 Å². The van der Waals surface area contributed by atoms with Crippen LogP contribution in [0.15, 0.2) is 39.4 Å². The minimum atomic E-state index is -0.310. The van der Waals surface area contributed by atoms with Crippen LogP contribution >= 0.6 is 15.9 Å². The lowest BCUT2D eigenvalue weighted by Gasteiger charge is -2.07. The quantitative estimate of drug-likeness (QED) is 0.943. The number of rotatable bonds is 4. The smallest absolute Gasteiger partial charge is 0.134 e. The predicted octanol–water partition coefficient (Wildman–Crippen LogP) is 3.22. The van der Waals surface area contributed by atoms with E-state index in [2.05, 4.69) is 15.9 Å². The van der Waals surface area contributed by atoms with Gasteiger partial charge in [0.2, 0.25) is 0 Å². The summed E-state index contributed by atoms with van der Waals surface area (Å²) in [5.74, 6) is 0.967. The SMILES string of the molecule is NCc1occc1COc1ccc(F)cc1Br. The van der Waals surface area contributed by atoms with E-state index in [4.69, 9.17) is 14.9 Å². The van der Waals surface area contributed by atoms with Gasteiger partial charge in [0.1, 0.15) is 23.9 Å². The molecule has 0 atom stereocenters. The van der Waals surface area contributed by atoms with E-state index < -0.39 is 0 Å². The fraction of sp³-hybridized carbons (Fsp3) is 0.167. The topological polar surface area (TPSA) is 48.4 Å². The summed E-state index contributed by atoms with van der Waals surface area (Å²) in [7, 11) is 0. The summed E-state index contributed by atoms with van der Waals surface area (Å²) in [6.45, 7) is 0.670. The Kier molecular flexibility index (Phi) is 3.81. The van der Waals surface area contributed by atoms with E-state index >= 15 is 0 Å². The number of benzene rings is 1. The van der Waals surface area contributed by atoms with Crippen LogP contribution < -0.4 is 10.5 Å². The maximum Gasteiger partial charge on any atom is 0.134 e. The monoisotopic (exact) mass is 299 g/mol. The van der Waals surface area contributed by atoms with Crippen molar-refractivity contribution in [3.8, 4) is 5.75 Å². The third kappa shape index (κ3) is 2.87. The summed E-state index contributed by atoms with van der Waals surface area (Å²) < 4.78 is 24.2. The van der Waals surface area contributed by atoms with Crippen LogP contribution in [0.2, 0.25) is 0 Å². The lowest BCUT2D eigenvalue weighted by molar-refractivity contribution is 0.299. The maximum atomic E-state index is 12.9. The highest BCUT2D eigenvalue weighted by molar-refractivity contribution is 9.10. The summed E-state index contributed by atoms with van der Waals surface area (Å²) >= 11 is 3.23. The minimum absolute atomic E-state index is 0.310. The molecule has 3 nitrogen and oxygen atoms in total. The Balaban J connectivity index is 2.07. The second kappa shape index (κ2) is 5.33. The first-order valence-corrected chi connectivity index (χ1v) is 5.83. The molecule has 0 saturated carbocycles. The summed E-state index contributed by atoms with van der Waals surface area (Å²) in [5.41, 5.74) is 6.40. The molecule has 5 heteroatoms. The molecule has 0 saturated heterocycles. The molecule has 90 valence electrons. The molecule has 2 rings (SSSR count). The fourth-order valence-corrected chi connectivity index (χ4v) is 1.89. The Morgan fingerprint density at radius 2 is 2.18 bits per heavy atom. The molecule has 2 N–H and O–H groups in total. The highest BCUT2D eigenvalue weighted by Gasteiger charge is 2.07. The molecule has 0 aliphatic rings. The molecular formula is C12H11BrFNO2. The van der Waals surface area contributed by atoms with Crippen LogP contribution in [0, 0.1) is 5.82 Å². The highest BCUT2D eigenvalue weighted by Crippen LogP contribution is 2.26. The number of hydrogen-bond donors (Lipinski definition) is 1. The van der Waals surface area contributed by atoms with Crippen molar-refractivity contribution in [2.24, 2.45) is 5.73 Å². The summed E-state index contributed by atoms with van der Waals surface area (Å²) in [6.07, 6.45) is 1.57. The molecule has 1 heterocycles.